The Morgan fingerprint density at radius 2 is 2.00 bits per heavy atom. The molecule has 2 rings (SSSR count). The molecule has 0 aliphatic rings. The molecule has 0 aliphatic carbocycles. The van der Waals surface area contributed by atoms with E-state index in [0.29, 0.717) is 0 Å². The van der Waals surface area contributed by atoms with Gasteiger partial charge in [-0.25, -0.2) is 9.18 Å². The Morgan fingerprint density at radius 3 is 2.65 bits per heavy atom. The van der Waals surface area contributed by atoms with E-state index in [1.54, 1.807) is 0 Å². The molecule has 1 heterocycles. The van der Waals surface area contributed by atoms with Crippen molar-refractivity contribution in [2.24, 2.45) is 0 Å². The van der Waals surface area contributed by atoms with Crippen molar-refractivity contribution in [3.05, 3.63) is 47.8 Å². The highest BCUT2D eigenvalue weighted by atomic mass is 19.4. The third-order valence-corrected chi connectivity index (χ3v) is 3.45. The predicted molar refractivity (Wildman–Crippen MR) is 80.9 cm³/mol. The van der Waals surface area contributed by atoms with Crippen molar-refractivity contribution >= 4 is 5.97 Å². The first kappa shape index (κ1) is 19.7. The van der Waals surface area contributed by atoms with Crippen LogP contribution in [0.1, 0.15) is 17.4 Å². The van der Waals surface area contributed by atoms with E-state index in [-0.39, 0.29) is 23.6 Å². The molecule has 26 heavy (non-hydrogen) atoms. The molecule has 1 aromatic carbocycles. The number of esters is 1. The van der Waals surface area contributed by atoms with Crippen LogP contribution in [0.25, 0.3) is 0 Å². The van der Waals surface area contributed by atoms with Gasteiger partial charge in [-0.2, -0.15) is 18.3 Å². The summed E-state index contributed by atoms with van der Waals surface area (Å²) in [6, 6.07) is 6.98. The van der Waals surface area contributed by atoms with E-state index in [2.05, 4.69) is 9.84 Å². The highest BCUT2D eigenvalue weighted by Crippen LogP contribution is 2.31. The average Bonchev–Trinajstić information content (AvgIpc) is 3.03. The zero-order chi connectivity index (χ0) is 19.3. The molecule has 1 N–H and O–H groups in total. The number of hydrogen-bond acceptors (Lipinski definition) is 5. The molecule has 2 atom stereocenters. The van der Waals surface area contributed by atoms with Crippen molar-refractivity contribution in [1.29, 1.82) is 0 Å². The Kier molecular flexibility index (Phi) is 6.19. The summed E-state index contributed by atoms with van der Waals surface area (Å²) >= 11 is 0. The molecule has 0 bridgehead atoms. The number of ether oxygens (including phenoxy) is 2. The van der Waals surface area contributed by atoms with E-state index in [9.17, 15) is 27.5 Å². The van der Waals surface area contributed by atoms with Crippen LogP contribution in [0.15, 0.2) is 36.5 Å². The van der Waals surface area contributed by atoms with Crippen LogP contribution in [-0.2, 0) is 22.7 Å². The van der Waals surface area contributed by atoms with Gasteiger partial charge in [0, 0.05) is 11.8 Å². The number of alkyl halides is 4. The Hall–Kier alpha value is -2.62. The number of carbonyl (C=O) groups is 1. The molecule has 142 valence electrons. The van der Waals surface area contributed by atoms with Crippen LogP contribution in [0.2, 0.25) is 0 Å². The molecule has 10 heteroatoms. The van der Waals surface area contributed by atoms with Gasteiger partial charge in [-0.05, 0) is 12.1 Å². The summed E-state index contributed by atoms with van der Waals surface area (Å²) in [4.78, 5) is 11.3. The van der Waals surface area contributed by atoms with E-state index in [0.717, 1.165) is 11.8 Å². The Morgan fingerprint density at radius 1 is 1.31 bits per heavy atom. The zero-order valence-electron chi connectivity index (χ0n) is 13.6. The standard InChI is InChI=1S/C16H16F4N2O4/c1-25-15(24)14(23)13(17)11-4-2-3-5-12(11)26-8-10-6-7-21-22(10)9-16(18,19)20/h2-7,13-14,23H,8-9H2,1H3. The molecule has 2 unspecified atom stereocenters. The van der Waals surface area contributed by atoms with E-state index >= 15 is 0 Å². The van der Waals surface area contributed by atoms with Gasteiger partial charge in [0.05, 0.1) is 12.8 Å². The van der Waals surface area contributed by atoms with Gasteiger partial charge in [0.15, 0.2) is 12.3 Å². The van der Waals surface area contributed by atoms with Gasteiger partial charge in [-0.1, -0.05) is 18.2 Å². The number of rotatable bonds is 7. The first-order valence-electron chi connectivity index (χ1n) is 7.42. The maximum Gasteiger partial charge on any atom is 0.408 e. The van der Waals surface area contributed by atoms with Crippen molar-refractivity contribution in [2.45, 2.75) is 31.6 Å². The van der Waals surface area contributed by atoms with Crippen molar-refractivity contribution < 1.29 is 36.9 Å². The number of methoxy groups -OCH3 is 1. The molecule has 0 spiro atoms. The maximum absolute atomic E-state index is 14.4. The van der Waals surface area contributed by atoms with Crippen molar-refractivity contribution in [3.63, 3.8) is 0 Å². The molecule has 0 radical (unpaired) electrons. The molecule has 0 amide bonds. The minimum Gasteiger partial charge on any atom is -0.487 e. The van der Waals surface area contributed by atoms with Gasteiger partial charge in [-0.3, -0.25) is 4.68 Å². The number of halogens is 4. The van der Waals surface area contributed by atoms with Crippen LogP contribution in [0, 0.1) is 0 Å². The fraction of sp³-hybridized carbons (Fsp3) is 0.375. The maximum atomic E-state index is 14.4. The highest BCUT2D eigenvalue weighted by molar-refractivity contribution is 5.75. The SMILES string of the molecule is COC(=O)C(O)C(F)c1ccccc1OCc1ccnn1CC(F)(F)F. The lowest BCUT2D eigenvalue weighted by molar-refractivity contribution is -0.154. The van der Waals surface area contributed by atoms with Crippen LogP contribution in [0.4, 0.5) is 17.6 Å². The fourth-order valence-electron chi connectivity index (χ4n) is 2.20. The van der Waals surface area contributed by atoms with Crippen LogP contribution < -0.4 is 4.74 Å². The van der Waals surface area contributed by atoms with E-state index < -0.39 is 31.0 Å². The predicted octanol–water partition coefficient (Wildman–Crippen LogP) is 2.57. The zero-order valence-corrected chi connectivity index (χ0v) is 13.6. The fourth-order valence-corrected chi connectivity index (χ4v) is 2.20. The summed E-state index contributed by atoms with van der Waals surface area (Å²) in [5.41, 5.74) is -0.00617. The lowest BCUT2D eigenvalue weighted by atomic mass is 10.0. The van der Waals surface area contributed by atoms with Gasteiger partial charge in [0.25, 0.3) is 0 Å². The van der Waals surface area contributed by atoms with Gasteiger partial charge in [0.1, 0.15) is 18.9 Å². The first-order chi connectivity index (χ1) is 12.2. The van der Waals surface area contributed by atoms with Crippen molar-refractivity contribution in [2.75, 3.05) is 7.11 Å². The van der Waals surface area contributed by atoms with Gasteiger partial charge < -0.3 is 14.6 Å². The molecule has 0 aliphatic heterocycles. The first-order valence-corrected chi connectivity index (χ1v) is 7.42. The number of aromatic nitrogens is 2. The third kappa shape index (κ3) is 4.94. The largest absolute Gasteiger partial charge is 0.487 e. The van der Waals surface area contributed by atoms with Crippen LogP contribution >= 0.6 is 0 Å². The topological polar surface area (TPSA) is 73.6 Å². The van der Waals surface area contributed by atoms with Crippen LogP contribution in [-0.4, -0.2) is 40.2 Å². The smallest absolute Gasteiger partial charge is 0.408 e. The van der Waals surface area contributed by atoms with E-state index in [1.807, 2.05) is 0 Å². The molecule has 0 saturated heterocycles. The average molecular weight is 376 g/mol. The second-order valence-electron chi connectivity index (χ2n) is 5.29. The quantitative estimate of drug-likeness (QED) is 0.594. The minimum atomic E-state index is -4.45. The Labute approximate surface area is 145 Å². The third-order valence-electron chi connectivity index (χ3n) is 3.45. The summed E-state index contributed by atoms with van der Waals surface area (Å²) in [5, 5.41) is 13.2. The number of nitrogens with zero attached hydrogens (tertiary/aromatic N) is 2. The van der Waals surface area contributed by atoms with Crippen molar-refractivity contribution in [1.82, 2.24) is 9.78 Å². The molecule has 0 fully saturated rings. The van der Waals surface area contributed by atoms with E-state index in [4.69, 9.17) is 4.74 Å². The van der Waals surface area contributed by atoms with Gasteiger partial charge >= 0.3 is 12.1 Å². The minimum absolute atomic E-state index is 0.0253. The number of para-hydroxylation sites is 1. The lowest BCUT2D eigenvalue weighted by Gasteiger charge is -2.18. The van der Waals surface area contributed by atoms with Crippen molar-refractivity contribution in [3.8, 4) is 5.75 Å². The molecule has 2 aromatic rings. The number of aliphatic hydroxyl groups excluding tert-OH is 1. The summed E-state index contributed by atoms with van der Waals surface area (Å²) in [6.07, 6.45) is -7.44. The highest BCUT2D eigenvalue weighted by Gasteiger charge is 2.31. The molecule has 6 nitrogen and oxygen atoms in total. The van der Waals surface area contributed by atoms with Crippen LogP contribution in [0.5, 0.6) is 5.75 Å². The number of benzene rings is 1. The summed E-state index contributed by atoms with van der Waals surface area (Å²) in [7, 11) is 1.00. The normalized spacial score (nSPS) is 13.9. The summed E-state index contributed by atoms with van der Waals surface area (Å²) in [6.45, 7) is -1.60. The molecule has 1 aromatic heterocycles. The van der Waals surface area contributed by atoms with Gasteiger partial charge in [0.2, 0.25) is 0 Å². The number of hydrogen-bond donors (Lipinski definition) is 1. The van der Waals surface area contributed by atoms with Crippen LogP contribution in [0.3, 0.4) is 0 Å². The summed E-state index contributed by atoms with van der Waals surface area (Å²) < 4.78 is 62.3. The second kappa shape index (κ2) is 8.17. The number of aliphatic hydroxyl groups is 1. The molecule has 0 saturated carbocycles. The molecular formula is C16H16F4N2O4. The van der Waals surface area contributed by atoms with Gasteiger partial charge in [-0.15, -0.1) is 0 Å². The second-order valence-corrected chi connectivity index (χ2v) is 5.29. The summed E-state index contributed by atoms with van der Waals surface area (Å²) in [5.74, 6) is -1.18. The monoisotopic (exact) mass is 376 g/mol. The Bertz CT molecular complexity index is 748. The Balaban J connectivity index is 2.15. The van der Waals surface area contributed by atoms with E-state index in [1.165, 1.54) is 36.5 Å². The number of carbonyl (C=O) groups excluding carboxylic acids is 1. The lowest BCUT2D eigenvalue weighted by Crippen LogP contribution is -2.27. The molecular weight excluding hydrogens is 360 g/mol.